The Morgan fingerprint density at radius 2 is 2.00 bits per heavy atom. The summed E-state index contributed by atoms with van der Waals surface area (Å²) in [5, 5.41) is 14.7. The number of rotatable bonds is 6. The Bertz CT molecular complexity index is 994. The van der Waals surface area contributed by atoms with Crippen LogP contribution in [0.4, 0.5) is 0 Å². The van der Waals surface area contributed by atoms with Crippen LogP contribution in [0.5, 0.6) is 5.75 Å². The Kier molecular flexibility index (Phi) is 5.74. The first-order chi connectivity index (χ1) is 13.0. The summed E-state index contributed by atoms with van der Waals surface area (Å²) >= 11 is 6.47. The highest BCUT2D eigenvalue weighted by atomic mass is 35.5. The predicted molar refractivity (Wildman–Crippen MR) is 105 cm³/mol. The van der Waals surface area contributed by atoms with E-state index in [4.69, 9.17) is 16.3 Å². The van der Waals surface area contributed by atoms with E-state index in [9.17, 15) is 9.90 Å². The summed E-state index contributed by atoms with van der Waals surface area (Å²) in [7, 11) is 1.53. The number of benzene rings is 2. The zero-order valence-electron chi connectivity index (χ0n) is 15.0. The van der Waals surface area contributed by atoms with E-state index in [1.807, 2.05) is 37.3 Å². The number of carbonyl (C=O) groups is 1. The molecule has 0 unspecified atom stereocenters. The lowest BCUT2D eigenvalue weighted by Gasteiger charge is -2.05. The highest BCUT2D eigenvalue weighted by Crippen LogP contribution is 2.25. The van der Waals surface area contributed by atoms with E-state index in [0.29, 0.717) is 21.8 Å². The average Bonchev–Trinajstić information content (AvgIpc) is 2.96. The highest BCUT2D eigenvalue weighted by molar-refractivity contribution is 6.31. The van der Waals surface area contributed by atoms with E-state index < -0.39 is 0 Å². The number of ether oxygens (including phenoxy) is 1. The number of hydrogen-bond donors (Lipinski definition) is 1. The van der Waals surface area contributed by atoms with E-state index in [1.165, 1.54) is 19.3 Å². The lowest BCUT2D eigenvalue weighted by Crippen LogP contribution is -1.97. The van der Waals surface area contributed by atoms with Crippen molar-refractivity contribution >= 4 is 23.5 Å². The number of phenolic OH excluding ortho intramolecular Hbond substituents is 1. The maximum atomic E-state index is 12.5. The molecular formula is C21H19ClN2O3. The number of nitrogens with zero attached hydrogens (tertiary/aromatic N) is 2. The van der Waals surface area contributed by atoms with E-state index in [2.05, 4.69) is 5.10 Å². The third-order valence-corrected chi connectivity index (χ3v) is 4.48. The number of aromatic hydroxyl groups is 1. The molecular weight excluding hydrogens is 364 g/mol. The zero-order valence-corrected chi connectivity index (χ0v) is 15.8. The van der Waals surface area contributed by atoms with Crippen LogP contribution in [0.15, 0.2) is 54.6 Å². The molecule has 138 valence electrons. The third-order valence-electron chi connectivity index (χ3n) is 4.11. The van der Waals surface area contributed by atoms with Crippen molar-refractivity contribution in [3.8, 4) is 11.4 Å². The normalized spacial score (nSPS) is 11.2. The second kappa shape index (κ2) is 8.20. The molecule has 2 aromatic carbocycles. The van der Waals surface area contributed by atoms with Gasteiger partial charge in [-0.25, -0.2) is 4.68 Å². The van der Waals surface area contributed by atoms with Crippen molar-refractivity contribution in [3.63, 3.8) is 0 Å². The molecule has 0 saturated carbocycles. The number of halogens is 1. The zero-order chi connectivity index (χ0) is 19.4. The van der Waals surface area contributed by atoms with E-state index >= 15 is 0 Å². The van der Waals surface area contributed by atoms with E-state index in [-0.39, 0.29) is 18.1 Å². The van der Waals surface area contributed by atoms with Gasteiger partial charge in [-0.1, -0.05) is 29.8 Å². The lowest BCUT2D eigenvalue weighted by molar-refractivity contribution is 0.104. The van der Waals surface area contributed by atoms with Crippen LogP contribution in [0.2, 0.25) is 5.15 Å². The minimum absolute atomic E-state index is 0.0976. The van der Waals surface area contributed by atoms with Gasteiger partial charge in [0.2, 0.25) is 0 Å². The Labute approximate surface area is 162 Å². The lowest BCUT2D eigenvalue weighted by atomic mass is 10.1. The molecule has 0 radical (unpaired) electrons. The summed E-state index contributed by atoms with van der Waals surface area (Å²) in [5.74, 6) is -0.101. The second-order valence-corrected chi connectivity index (χ2v) is 6.37. The highest BCUT2D eigenvalue weighted by Gasteiger charge is 2.13. The molecule has 5 nitrogen and oxygen atoms in total. The first kappa shape index (κ1) is 18.9. The molecule has 6 heteroatoms. The molecule has 3 rings (SSSR count). The Morgan fingerprint density at radius 1 is 1.26 bits per heavy atom. The number of hydrogen-bond acceptors (Lipinski definition) is 4. The number of allylic oxidation sites excluding steroid dienone is 1. The van der Waals surface area contributed by atoms with Crippen LogP contribution < -0.4 is 0 Å². The predicted octanol–water partition coefficient (Wildman–Crippen LogP) is 4.58. The van der Waals surface area contributed by atoms with Gasteiger partial charge in [0.15, 0.2) is 5.78 Å². The molecule has 1 N–H and O–H groups in total. The van der Waals surface area contributed by atoms with Crippen molar-refractivity contribution in [1.29, 1.82) is 0 Å². The van der Waals surface area contributed by atoms with Gasteiger partial charge in [-0.15, -0.1) is 0 Å². The minimum atomic E-state index is -0.199. The number of aromatic nitrogens is 2. The van der Waals surface area contributed by atoms with Gasteiger partial charge in [0, 0.05) is 23.8 Å². The van der Waals surface area contributed by atoms with Crippen molar-refractivity contribution < 1.29 is 14.6 Å². The fraction of sp³-hybridized carbons (Fsp3) is 0.143. The van der Waals surface area contributed by atoms with Crippen molar-refractivity contribution in [2.24, 2.45) is 0 Å². The van der Waals surface area contributed by atoms with Gasteiger partial charge in [-0.2, -0.15) is 5.10 Å². The van der Waals surface area contributed by atoms with E-state index in [1.54, 1.807) is 22.9 Å². The van der Waals surface area contributed by atoms with Crippen LogP contribution in [0.25, 0.3) is 11.8 Å². The third kappa shape index (κ3) is 4.10. The maximum Gasteiger partial charge on any atom is 0.185 e. The first-order valence-electron chi connectivity index (χ1n) is 8.35. The molecule has 0 bridgehead atoms. The van der Waals surface area contributed by atoms with Gasteiger partial charge < -0.3 is 9.84 Å². The Balaban J connectivity index is 1.87. The topological polar surface area (TPSA) is 64.3 Å². The number of phenols is 1. The summed E-state index contributed by atoms with van der Waals surface area (Å²) in [6.45, 7) is 2.07. The summed E-state index contributed by atoms with van der Waals surface area (Å²) in [6.07, 6.45) is 3.11. The van der Waals surface area contributed by atoms with Crippen LogP contribution in [0, 0.1) is 6.92 Å². The van der Waals surface area contributed by atoms with Gasteiger partial charge >= 0.3 is 0 Å². The van der Waals surface area contributed by atoms with E-state index in [0.717, 1.165) is 11.4 Å². The summed E-state index contributed by atoms with van der Waals surface area (Å²) in [5.41, 5.74) is 3.27. The molecule has 0 aliphatic rings. The minimum Gasteiger partial charge on any atom is -0.508 e. The van der Waals surface area contributed by atoms with Gasteiger partial charge in [-0.05, 0) is 49.4 Å². The van der Waals surface area contributed by atoms with Crippen molar-refractivity contribution in [1.82, 2.24) is 9.78 Å². The molecule has 27 heavy (non-hydrogen) atoms. The molecule has 1 heterocycles. The monoisotopic (exact) mass is 382 g/mol. The molecule has 0 amide bonds. The van der Waals surface area contributed by atoms with Gasteiger partial charge in [0.05, 0.1) is 18.0 Å². The molecule has 0 aliphatic carbocycles. The summed E-state index contributed by atoms with van der Waals surface area (Å²) < 4.78 is 6.67. The number of carbonyl (C=O) groups excluding carboxylic acids is 1. The van der Waals surface area contributed by atoms with Crippen LogP contribution in [0.1, 0.15) is 27.2 Å². The quantitative estimate of drug-likeness (QED) is 0.500. The molecule has 0 atom stereocenters. The molecule has 0 aliphatic heterocycles. The molecule has 3 aromatic rings. The summed E-state index contributed by atoms with van der Waals surface area (Å²) in [6, 6.07) is 14.2. The largest absolute Gasteiger partial charge is 0.508 e. The Hall–Kier alpha value is -2.89. The standard InChI is InChI=1S/C21H19ClN2O3/c1-14-18(21(22)24(23-14)17-6-4-3-5-7-17)9-11-19(25)15-8-10-20(26)16(12-15)13-27-2/h3-12,26H,13H2,1-2H3/b11-9+. The van der Waals surface area contributed by atoms with Gasteiger partial charge in [0.25, 0.3) is 0 Å². The molecule has 0 saturated heterocycles. The smallest absolute Gasteiger partial charge is 0.185 e. The second-order valence-electron chi connectivity index (χ2n) is 6.01. The first-order valence-corrected chi connectivity index (χ1v) is 8.73. The fourth-order valence-corrected chi connectivity index (χ4v) is 3.04. The van der Waals surface area contributed by atoms with Crippen LogP contribution >= 0.6 is 11.6 Å². The molecule has 0 spiro atoms. The van der Waals surface area contributed by atoms with Crippen LogP contribution in [-0.4, -0.2) is 27.8 Å². The van der Waals surface area contributed by atoms with Gasteiger partial charge in [0.1, 0.15) is 10.9 Å². The number of ketones is 1. The molecule has 0 fully saturated rings. The SMILES string of the molecule is COCc1cc(C(=O)/C=C/c2c(C)nn(-c3ccccc3)c2Cl)ccc1O. The van der Waals surface area contributed by atoms with Crippen molar-refractivity contribution in [2.75, 3.05) is 7.11 Å². The average molecular weight is 383 g/mol. The summed E-state index contributed by atoms with van der Waals surface area (Å²) in [4.78, 5) is 12.5. The molecule has 1 aromatic heterocycles. The Morgan fingerprint density at radius 3 is 2.70 bits per heavy atom. The number of aryl methyl sites for hydroxylation is 1. The van der Waals surface area contributed by atoms with Crippen LogP contribution in [0.3, 0.4) is 0 Å². The van der Waals surface area contributed by atoms with Crippen LogP contribution in [-0.2, 0) is 11.3 Å². The fourth-order valence-electron chi connectivity index (χ4n) is 2.71. The van der Waals surface area contributed by atoms with Crippen molar-refractivity contribution in [2.45, 2.75) is 13.5 Å². The number of methoxy groups -OCH3 is 1. The van der Waals surface area contributed by atoms with Crippen molar-refractivity contribution in [3.05, 3.63) is 82.1 Å². The number of para-hydroxylation sites is 1. The van der Waals surface area contributed by atoms with Gasteiger partial charge in [-0.3, -0.25) is 4.79 Å². The maximum absolute atomic E-state index is 12.5.